The molecule has 1 rings (SSSR count). The maximum Gasteiger partial charge on any atom is 0.321 e. The number of nitrogens with one attached hydrogen (secondary N) is 2. The molecule has 0 aliphatic carbocycles. The number of hydrogen-bond donors (Lipinski definition) is 12. The van der Waals surface area contributed by atoms with Crippen LogP contribution in [0, 0.1) is 0 Å². The van der Waals surface area contributed by atoms with Gasteiger partial charge >= 0.3 is 12.1 Å². The number of likely N-dealkylation sites (N-methyl/N-ethyl adjacent to an activating group) is 2. The standard InChI is InChI=1S/C22H38N4O12/c1-25(7-13(29)17(33)19(35)15(31)9-27)21(37)23-11-3-5-12(6-4-11)24-22(38)26(2)8-14(30)18(34)20(36)16(32)10-28/h3-6,13-20,27-36H,7-10H2,1-2H3,(H,23,37)(H,24,38)/t13-,14-,15+,16+,17+,18+,19+,20+/m0/s1. The third kappa shape index (κ3) is 9.91. The van der Waals surface area contributed by atoms with E-state index in [0.717, 1.165) is 9.80 Å². The van der Waals surface area contributed by atoms with Gasteiger partial charge in [-0.2, -0.15) is 0 Å². The minimum atomic E-state index is -1.83. The molecule has 0 heterocycles. The lowest BCUT2D eigenvalue weighted by Gasteiger charge is -2.28. The van der Waals surface area contributed by atoms with Crippen molar-refractivity contribution in [2.24, 2.45) is 0 Å². The van der Waals surface area contributed by atoms with Gasteiger partial charge in [-0.3, -0.25) is 0 Å². The lowest BCUT2D eigenvalue weighted by Crippen LogP contribution is -2.50. The average Bonchev–Trinajstić information content (AvgIpc) is 2.90. The van der Waals surface area contributed by atoms with E-state index >= 15 is 0 Å². The molecule has 0 aliphatic rings. The molecule has 0 aromatic heterocycles. The summed E-state index contributed by atoms with van der Waals surface area (Å²) in [7, 11) is 2.61. The second-order valence-electron chi connectivity index (χ2n) is 8.80. The summed E-state index contributed by atoms with van der Waals surface area (Å²) in [5.74, 6) is 0. The summed E-state index contributed by atoms with van der Waals surface area (Å²) in [6, 6.07) is 4.40. The molecular formula is C22H38N4O12. The fourth-order valence-electron chi connectivity index (χ4n) is 3.14. The van der Waals surface area contributed by atoms with Gasteiger partial charge in [0.2, 0.25) is 0 Å². The average molecular weight is 551 g/mol. The summed E-state index contributed by atoms with van der Waals surface area (Å²) in [5, 5.41) is 100. The molecule has 0 radical (unpaired) electrons. The fourth-order valence-corrected chi connectivity index (χ4v) is 3.14. The zero-order valence-corrected chi connectivity index (χ0v) is 20.9. The van der Waals surface area contributed by atoms with Crippen LogP contribution in [0.25, 0.3) is 0 Å². The Morgan fingerprint density at radius 1 is 0.605 bits per heavy atom. The van der Waals surface area contributed by atoms with E-state index in [1.165, 1.54) is 38.4 Å². The molecule has 16 nitrogen and oxygen atoms in total. The Balaban J connectivity index is 2.61. The van der Waals surface area contributed by atoms with Crippen LogP contribution in [0.4, 0.5) is 21.0 Å². The van der Waals surface area contributed by atoms with Crippen LogP contribution >= 0.6 is 0 Å². The lowest BCUT2D eigenvalue weighted by molar-refractivity contribution is -0.117. The van der Waals surface area contributed by atoms with Crippen LogP contribution < -0.4 is 10.6 Å². The summed E-state index contributed by atoms with van der Waals surface area (Å²) in [4.78, 5) is 26.7. The highest BCUT2D eigenvalue weighted by Crippen LogP contribution is 2.15. The van der Waals surface area contributed by atoms with Gasteiger partial charge in [0.25, 0.3) is 0 Å². The summed E-state index contributed by atoms with van der Waals surface area (Å²) >= 11 is 0. The van der Waals surface area contributed by atoms with Gasteiger partial charge in [-0.1, -0.05) is 0 Å². The molecule has 4 amide bonds. The first-order valence-corrected chi connectivity index (χ1v) is 11.5. The smallest absolute Gasteiger partial charge is 0.321 e. The van der Waals surface area contributed by atoms with Crippen molar-refractivity contribution in [1.82, 2.24) is 9.80 Å². The monoisotopic (exact) mass is 550 g/mol. The molecule has 0 spiro atoms. The molecule has 0 unspecified atom stereocenters. The maximum atomic E-state index is 12.4. The number of rotatable bonds is 14. The van der Waals surface area contributed by atoms with Gasteiger partial charge in [-0.15, -0.1) is 0 Å². The van der Waals surface area contributed by atoms with Crippen LogP contribution in [0.2, 0.25) is 0 Å². The van der Waals surface area contributed by atoms with Gasteiger partial charge in [-0.25, -0.2) is 9.59 Å². The number of anilines is 2. The van der Waals surface area contributed by atoms with Gasteiger partial charge in [0, 0.05) is 25.5 Å². The van der Waals surface area contributed by atoms with Crippen LogP contribution in [0.1, 0.15) is 0 Å². The van der Waals surface area contributed by atoms with E-state index in [1.807, 2.05) is 0 Å². The molecule has 16 heteroatoms. The molecule has 1 aromatic carbocycles. The zero-order chi connectivity index (χ0) is 29.2. The molecule has 0 bridgehead atoms. The van der Waals surface area contributed by atoms with Crippen molar-refractivity contribution < 1.29 is 60.7 Å². The first kappa shape index (κ1) is 33.4. The van der Waals surface area contributed by atoms with Crippen molar-refractivity contribution in [3.8, 4) is 0 Å². The van der Waals surface area contributed by atoms with E-state index in [-0.39, 0.29) is 0 Å². The van der Waals surface area contributed by atoms with Crippen LogP contribution in [0.5, 0.6) is 0 Å². The highest BCUT2D eigenvalue weighted by molar-refractivity contribution is 5.91. The Kier molecular flexibility index (Phi) is 13.8. The fraction of sp³-hybridized carbons (Fsp3) is 0.636. The Labute approximate surface area is 218 Å². The molecule has 38 heavy (non-hydrogen) atoms. The van der Waals surface area contributed by atoms with Crippen molar-refractivity contribution in [2.75, 3.05) is 51.0 Å². The SMILES string of the molecule is CN(C[C@H](O)[C@@H](O)[C@H](O)[C@H](O)CO)C(=O)Nc1ccc(NC(=O)N(C)C[C@H](O)[C@@H](O)[C@H](O)[C@H](O)CO)cc1. The van der Waals surface area contributed by atoms with Crippen LogP contribution in [0.3, 0.4) is 0 Å². The third-order valence-corrected chi connectivity index (χ3v) is 5.65. The normalized spacial score (nSPS) is 17.8. The lowest BCUT2D eigenvalue weighted by atomic mass is 10.0. The predicted octanol–water partition coefficient (Wildman–Crippen LogP) is -4.51. The minimum absolute atomic E-state index is 0.300. The summed E-state index contributed by atoms with van der Waals surface area (Å²) < 4.78 is 0. The largest absolute Gasteiger partial charge is 0.394 e. The Morgan fingerprint density at radius 2 is 0.868 bits per heavy atom. The van der Waals surface area contributed by atoms with E-state index in [4.69, 9.17) is 10.2 Å². The Morgan fingerprint density at radius 3 is 1.13 bits per heavy atom. The Bertz CT molecular complexity index is 794. The number of aliphatic hydroxyl groups is 10. The molecule has 218 valence electrons. The van der Waals surface area contributed by atoms with Crippen LogP contribution in [-0.4, -0.2) is 162 Å². The molecule has 0 saturated carbocycles. The quantitative estimate of drug-likeness (QED) is 0.104. The van der Waals surface area contributed by atoms with Gasteiger partial charge in [0.1, 0.15) is 48.8 Å². The number of nitrogens with zero attached hydrogens (tertiary/aromatic N) is 2. The first-order valence-electron chi connectivity index (χ1n) is 11.5. The van der Waals surface area contributed by atoms with E-state index in [1.54, 1.807) is 0 Å². The van der Waals surface area contributed by atoms with E-state index < -0.39 is 87.2 Å². The van der Waals surface area contributed by atoms with Gasteiger partial charge in [0.15, 0.2) is 0 Å². The number of amides is 4. The van der Waals surface area contributed by atoms with Crippen molar-refractivity contribution >= 4 is 23.4 Å². The van der Waals surface area contributed by atoms with Gasteiger partial charge in [0.05, 0.1) is 26.3 Å². The maximum absolute atomic E-state index is 12.4. The van der Waals surface area contributed by atoms with Crippen LogP contribution in [-0.2, 0) is 0 Å². The summed E-state index contributed by atoms with van der Waals surface area (Å²) in [6.07, 6.45) is -13.9. The number of carbonyl (C=O) groups excluding carboxylic acids is 2. The van der Waals surface area contributed by atoms with E-state index in [0.29, 0.717) is 11.4 Å². The topological polar surface area (TPSA) is 267 Å². The van der Waals surface area contributed by atoms with Gasteiger partial charge in [-0.05, 0) is 24.3 Å². The highest BCUT2D eigenvalue weighted by atomic mass is 16.4. The molecule has 0 saturated heterocycles. The molecular weight excluding hydrogens is 512 g/mol. The summed E-state index contributed by atoms with van der Waals surface area (Å²) in [5.41, 5.74) is 0.600. The van der Waals surface area contributed by atoms with Crippen molar-refractivity contribution in [1.29, 1.82) is 0 Å². The van der Waals surface area contributed by atoms with E-state index in [2.05, 4.69) is 10.6 Å². The molecule has 0 fully saturated rings. The molecule has 1 aromatic rings. The predicted molar refractivity (Wildman–Crippen MR) is 132 cm³/mol. The van der Waals surface area contributed by atoms with Gasteiger partial charge < -0.3 is 71.5 Å². The minimum Gasteiger partial charge on any atom is -0.394 e. The van der Waals surface area contributed by atoms with Crippen molar-refractivity contribution in [3.05, 3.63) is 24.3 Å². The first-order chi connectivity index (χ1) is 17.7. The third-order valence-electron chi connectivity index (χ3n) is 5.65. The highest BCUT2D eigenvalue weighted by Gasteiger charge is 2.32. The second kappa shape index (κ2) is 15.7. The number of aliphatic hydroxyl groups excluding tert-OH is 10. The number of benzene rings is 1. The number of hydrogen-bond acceptors (Lipinski definition) is 12. The Hall–Kier alpha value is -2.64. The zero-order valence-electron chi connectivity index (χ0n) is 20.9. The van der Waals surface area contributed by atoms with Crippen molar-refractivity contribution in [3.63, 3.8) is 0 Å². The number of urea groups is 2. The van der Waals surface area contributed by atoms with Crippen LogP contribution in [0.15, 0.2) is 24.3 Å². The summed E-state index contributed by atoms with van der Waals surface area (Å²) in [6.45, 7) is -2.50. The molecule has 12 N–H and O–H groups in total. The molecule has 8 atom stereocenters. The van der Waals surface area contributed by atoms with Crippen molar-refractivity contribution in [2.45, 2.75) is 48.8 Å². The van der Waals surface area contributed by atoms with E-state index in [9.17, 15) is 50.4 Å². The molecule has 0 aliphatic heterocycles. The second-order valence-corrected chi connectivity index (χ2v) is 8.80. The number of carbonyl (C=O) groups is 2.